The van der Waals surface area contributed by atoms with Crippen molar-refractivity contribution in [2.45, 2.75) is 20.3 Å². The SMILES string of the molecule is C=CC(C)=N/C=C(\CC)NC=O. The summed E-state index contributed by atoms with van der Waals surface area (Å²) in [6.07, 6.45) is 4.69. The summed E-state index contributed by atoms with van der Waals surface area (Å²) in [4.78, 5) is 14.1. The maximum Gasteiger partial charge on any atom is 0.211 e. The van der Waals surface area contributed by atoms with E-state index in [9.17, 15) is 4.79 Å². The van der Waals surface area contributed by atoms with E-state index in [0.29, 0.717) is 6.41 Å². The molecule has 0 aromatic carbocycles. The molecule has 3 heteroatoms. The third-order valence-corrected chi connectivity index (χ3v) is 1.34. The topological polar surface area (TPSA) is 41.5 Å². The molecular formula is C9H14N2O. The van der Waals surface area contributed by atoms with Crippen molar-refractivity contribution < 1.29 is 4.79 Å². The van der Waals surface area contributed by atoms with Crippen LogP contribution in [0.4, 0.5) is 0 Å². The van der Waals surface area contributed by atoms with Crippen molar-refractivity contribution in [2.75, 3.05) is 0 Å². The van der Waals surface area contributed by atoms with Gasteiger partial charge >= 0.3 is 0 Å². The molecule has 0 aliphatic rings. The van der Waals surface area contributed by atoms with Gasteiger partial charge in [-0.3, -0.25) is 9.79 Å². The lowest BCUT2D eigenvalue weighted by Crippen LogP contribution is -2.08. The largest absolute Gasteiger partial charge is 0.331 e. The third kappa shape index (κ3) is 4.44. The Balaban J connectivity index is 4.27. The van der Waals surface area contributed by atoms with Crippen molar-refractivity contribution in [2.24, 2.45) is 4.99 Å². The fraction of sp³-hybridized carbons (Fsp3) is 0.333. The Bertz CT molecular complexity index is 217. The first-order valence-corrected chi connectivity index (χ1v) is 3.80. The number of hydrogen-bond acceptors (Lipinski definition) is 2. The molecule has 0 fully saturated rings. The molecule has 0 aliphatic carbocycles. The van der Waals surface area contributed by atoms with Crippen LogP contribution in [0.5, 0.6) is 0 Å². The van der Waals surface area contributed by atoms with E-state index in [-0.39, 0.29) is 0 Å². The number of nitrogens with zero attached hydrogens (tertiary/aromatic N) is 1. The summed E-state index contributed by atoms with van der Waals surface area (Å²) in [5.41, 5.74) is 1.62. The van der Waals surface area contributed by atoms with Gasteiger partial charge in [-0.1, -0.05) is 13.5 Å². The lowest BCUT2D eigenvalue weighted by Gasteiger charge is -1.98. The molecule has 1 amide bonds. The number of nitrogens with one attached hydrogen (secondary N) is 1. The van der Waals surface area contributed by atoms with E-state index in [4.69, 9.17) is 0 Å². The highest BCUT2D eigenvalue weighted by molar-refractivity contribution is 5.92. The van der Waals surface area contributed by atoms with Crippen LogP contribution in [-0.2, 0) is 4.79 Å². The highest BCUT2D eigenvalue weighted by atomic mass is 16.1. The molecule has 1 N–H and O–H groups in total. The molecule has 0 atom stereocenters. The predicted octanol–water partition coefficient (Wildman–Crippen LogP) is 1.63. The van der Waals surface area contributed by atoms with Crippen LogP contribution in [0.1, 0.15) is 20.3 Å². The van der Waals surface area contributed by atoms with E-state index in [0.717, 1.165) is 17.8 Å². The van der Waals surface area contributed by atoms with Gasteiger partial charge in [-0.25, -0.2) is 0 Å². The highest BCUT2D eigenvalue weighted by Crippen LogP contribution is 1.94. The van der Waals surface area contributed by atoms with Crippen LogP contribution in [-0.4, -0.2) is 12.1 Å². The number of rotatable bonds is 5. The van der Waals surface area contributed by atoms with Gasteiger partial charge in [0, 0.05) is 17.6 Å². The van der Waals surface area contributed by atoms with E-state index in [1.165, 1.54) is 0 Å². The second-order valence-electron chi connectivity index (χ2n) is 2.24. The number of hydrogen-bond donors (Lipinski definition) is 1. The Morgan fingerprint density at radius 2 is 2.33 bits per heavy atom. The molecule has 66 valence electrons. The van der Waals surface area contributed by atoms with Gasteiger partial charge in [0.05, 0.1) is 0 Å². The van der Waals surface area contributed by atoms with Crippen LogP contribution < -0.4 is 5.32 Å². The second kappa shape index (κ2) is 6.34. The highest BCUT2D eigenvalue weighted by Gasteiger charge is 1.88. The standard InChI is InChI=1S/C9H14N2O/c1-4-8(3)10-6-9(5-2)11-7-12/h4,6-7H,1,5H2,2-3H3,(H,11,12)/b9-6+,10-8?. The minimum atomic E-state index is 0.647. The second-order valence-corrected chi connectivity index (χ2v) is 2.24. The summed E-state index contributed by atoms with van der Waals surface area (Å²) < 4.78 is 0. The molecule has 12 heavy (non-hydrogen) atoms. The van der Waals surface area contributed by atoms with E-state index in [2.05, 4.69) is 16.9 Å². The number of carbonyl (C=O) groups is 1. The normalized spacial score (nSPS) is 12.5. The lowest BCUT2D eigenvalue weighted by molar-refractivity contribution is -0.109. The summed E-state index contributed by atoms with van der Waals surface area (Å²) in [6.45, 7) is 7.35. The molecule has 0 saturated heterocycles. The maximum atomic E-state index is 10.1. The van der Waals surface area contributed by atoms with Crippen LogP contribution in [0.15, 0.2) is 29.5 Å². The zero-order valence-electron chi connectivity index (χ0n) is 7.50. The van der Waals surface area contributed by atoms with Gasteiger partial charge in [-0.2, -0.15) is 0 Å². The smallest absolute Gasteiger partial charge is 0.211 e. The van der Waals surface area contributed by atoms with Crippen molar-refractivity contribution in [1.29, 1.82) is 0 Å². The maximum absolute atomic E-state index is 10.1. The van der Waals surface area contributed by atoms with Gasteiger partial charge in [0.2, 0.25) is 6.41 Å². The van der Waals surface area contributed by atoms with Crippen LogP contribution in [0.25, 0.3) is 0 Å². The quantitative estimate of drug-likeness (QED) is 0.489. The zero-order chi connectivity index (χ0) is 9.40. The summed E-state index contributed by atoms with van der Waals surface area (Å²) in [7, 11) is 0. The predicted molar refractivity (Wildman–Crippen MR) is 50.9 cm³/mol. The first-order valence-electron chi connectivity index (χ1n) is 3.80. The number of aliphatic imine (C=N–C) groups is 1. The first-order chi connectivity index (χ1) is 5.74. The molecule has 3 nitrogen and oxygen atoms in total. The number of carbonyl (C=O) groups excluding carboxylic acids is 1. The molecule has 0 aliphatic heterocycles. The average Bonchev–Trinajstić information content (AvgIpc) is 2.11. The van der Waals surface area contributed by atoms with Crippen molar-refractivity contribution in [1.82, 2.24) is 5.32 Å². The van der Waals surface area contributed by atoms with Crippen LogP contribution in [0, 0.1) is 0 Å². The van der Waals surface area contributed by atoms with Gasteiger partial charge in [-0.15, -0.1) is 0 Å². The van der Waals surface area contributed by atoms with E-state index >= 15 is 0 Å². The fourth-order valence-electron chi connectivity index (χ4n) is 0.539. The van der Waals surface area contributed by atoms with Gasteiger partial charge in [0.15, 0.2) is 0 Å². The molecule has 0 aromatic heterocycles. The molecule has 0 radical (unpaired) electrons. The van der Waals surface area contributed by atoms with E-state index < -0.39 is 0 Å². The van der Waals surface area contributed by atoms with Gasteiger partial charge in [-0.05, 0) is 19.4 Å². The monoisotopic (exact) mass is 166 g/mol. The van der Waals surface area contributed by atoms with Crippen molar-refractivity contribution in [3.05, 3.63) is 24.6 Å². The minimum Gasteiger partial charge on any atom is -0.331 e. The Hall–Kier alpha value is -1.38. The summed E-state index contributed by atoms with van der Waals surface area (Å²) >= 11 is 0. The molecule has 0 bridgehead atoms. The minimum absolute atomic E-state index is 0.647. The number of allylic oxidation sites excluding steroid dienone is 2. The lowest BCUT2D eigenvalue weighted by atomic mass is 10.3. The molecule has 0 spiro atoms. The molecule has 0 saturated carbocycles. The first kappa shape index (κ1) is 10.6. The molecular weight excluding hydrogens is 152 g/mol. The van der Waals surface area contributed by atoms with Crippen molar-refractivity contribution in [3.63, 3.8) is 0 Å². The Morgan fingerprint density at radius 3 is 2.75 bits per heavy atom. The molecule has 0 heterocycles. The Morgan fingerprint density at radius 1 is 1.67 bits per heavy atom. The Kier molecular flexibility index (Phi) is 5.61. The zero-order valence-corrected chi connectivity index (χ0v) is 7.50. The van der Waals surface area contributed by atoms with Crippen LogP contribution >= 0.6 is 0 Å². The van der Waals surface area contributed by atoms with Gasteiger partial charge in [0.25, 0.3) is 0 Å². The third-order valence-electron chi connectivity index (χ3n) is 1.34. The molecule has 0 unspecified atom stereocenters. The van der Waals surface area contributed by atoms with E-state index in [1.807, 2.05) is 13.8 Å². The van der Waals surface area contributed by atoms with E-state index in [1.54, 1.807) is 12.3 Å². The van der Waals surface area contributed by atoms with Crippen LogP contribution in [0.2, 0.25) is 0 Å². The average molecular weight is 166 g/mol. The van der Waals surface area contributed by atoms with Crippen molar-refractivity contribution >= 4 is 12.1 Å². The number of amides is 1. The summed E-state index contributed by atoms with van der Waals surface area (Å²) in [6, 6.07) is 0. The molecule has 0 rings (SSSR count). The van der Waals surface area contributed by atoms with Crippen LogP contribution in [0.3, 0.4) is 0 Å². The van der Waals surface area contributed by atoms with Gasteiger partial charge < -0.3 is 5.32 Å². The fourth-order valence-corrected chi connectivity index (χ4v) is 0.539. The van der Waals surface area contributed by atoms with Crippen molar-refractivity contribution in [3.8, 4) is 0 Å². The van der Waals surface area contributed by atoms with Gasteiger partial charge in [0.1, 0.15) is 0 Å². The summed E-state index contributed by atoms with van der Waals surface area (Å²) in [5, 5.41) is 2.55. The summed E-state index contributed by atoms with van der Waals surface area (Å²) in [5.74, 6) is 0. The molecule has 0 aromatic rings. The Labute approximate surface area is 72.9 Å².